The average molecular weight is 212 g/mol. The summed E-state index contributed by atoms with van der Waals surface area (Å²) in [5.41, 5.74) is -1.22. The lowest BCUT2D eigenvalue weighted by molar-refractivity contribution is 0.183. The Morgan fingerprint density at radius 1 is 0.786 bits per heavy atom. The largest absolute Gasteiger partial charge is 0.388 e. The molecule has 0 aromatic heterocycles. The van der Waals surface area contributed by atoms with Crippen LogP contribution in [0.15, 0.2) is 0 Å². The molecule has 1 aromatic rings. The molecule has 1 nitrogen and oxygen atoms in total. The SMILES string of the molecule is C[C@H](O)c1c(F)c(F)c(F)c(F)c1F. The molecule has 0 bridgehead atoms. The minimum Gasteiger partial charge on any atom is -0.388 e. The molecular weight excluding hydrogens is 207 g/mol. The maximum absolute atomic E-state index is 12.8. The molecule has 1 rings (SSSR count). The lowest BCUT2D eigenvalue weighted by Crippen LogP contribution is -2.09. The summed E-state index contributed by atoms with van der Waals surface area (Å²) in [5, 5.41) is 8.79. The molecule has 1 N–H and O–H groups in total. The van der Waals surface area contributed by atoms with Gasteiger partial charge in [-0.2, -0.15) is 0 Å². The van der Waals surface area contributed by atoms with Crippen LogP contribution in [0.4, 0.5) is 22.0 Å². The molecule has 0 heterocycles. The Balaban J connectivity index is 3.60. The molecule has 78 valence electrons. The van der Waals surface area contributed by atoms with Gasteiger partial charge in [-0.3, -0.25) is 0 Å². The Hall–Kier alpha value is -1.17. The topological polar surface area (TPSA) is 20.2 Å². The van der Waals surface area contributed by atoms with Crippen LogP contribution in [-0.2, 0) is 0 Å². The van der Waals surface area contributed by atoms with Crippen molar-refractivity contribution < 1.29 is 27.1 Å². The molecule has 0 aliphatic heterocycles. The number of aliphatic hydroxyl groups excluding tert-OH is 1. The van der Waals surface area contributed by atoms with Crippen molar-refractivity contribution in [2.75, 3.05) is 0 Å². The summed E-state index contributed by atoms with van der Waals surface area (Å²) in [6, 6.07) is 0. The van der Waals surface area contributed by atoms with Gasteiger partial charge in [0.15, 0.2) is 23.3 Å². The van der Waals surface area contributed by atoms with Crippen molar-refractivity contribution in [2.24, 2.45) is 0 Å². The fourth-order valence-electron chi connectivity index (χ4n) is 0.989. The second-order valence-electron chi connectivity index (χ2n) is 2.66. The molecule has 1 atom stereocenters. The molecule has 0 radical (unpaired) electrons. The number of halogens is 5. The summed E-state index contributed by atoms with van der Waals surface area (Å²) in [6.45, 7) is 0.901. The van der Waals surface area contributed by atoms with Gasteiger partial charge < -0.3 is 5.11 Å². The molecule has 0 fully saturated rings. The highest BCUT2D eigenvalue weighted by molar-refractivity contribution is 5.25. The predicted octanol–water partition coefficient (Wildman–Crippen LogP) is 2.44. The Labute approximate surface area is 75.8 Å². The van der Waals surface area contributed by atoms with Gasteiger partial charge in [0.2, 0.25) is 5.82 Å². The van der Waals surface area contributed by atoms with Crippen molar-refractivity contribution in [2.45, 2.75) is 13.0 Å². The minimum absolute atomic E-state index is 0.901. The van der Waals surface area contributed by atoms with Crippen LogP contribution in [0.25, 0.3) is 0 Å². The molecule has 0 saturated heterocycles. The van der Waals surface area contributed by atoms with E-state index in [-0.39, 0.29) is 0 Å². The quantitative estimate of drug-likeness (QED) is 0.430. The van der Waals surface area contributed by atoms with E-state index in [0.29, 0.717) is 0 Å². The van der Waals surface area contributed by atoms with Crippen molar-refractivity contribution in [1.82, 2.24) is 0 Å². The van der Waals surface area contributed by atoms with Gasteiger partial charge in [-0.1, -0.05) is 0 Å². The normalized spacial score (nSPS) is 13.1. The molecule has 0 unspecified atom stereocenters. The van der Waals surface area contributed by atoms with Crippen LogP contribution in [0.1, 0.15) is 18.6 Å². The molecule has 6 heteroatoms. The highest BCUT2D eigenvalue weighted by Gasteiger charge is 2.27. The molecular formula is C8H5F5O. The zero-order valence-corrected chi connectivity index (χ0v) is 6.91. The lowest BCUT2D eigenvalue weighted by atomic mass is 10.1. The van der Waals surface area contributed by atoms with E-state index in [1.165, 1.54) is 0 Å². The summed E-state index contributed by atoms with van der Waals surface area (Å²) < 4.78 is 63.0. The van der Waals surface area contributed by atoms with Crippen LogP contribution >= 0.6 is 0 Å². The Kier molecular flexibility index (Phi) is 2.75. The average Bonchev–Trinajstić information content (AvgIpc) is 2.11. The fraction of sp³-hybridized carbons (Fsp3) is 0.250. The van der Waals surface area contributed by atoms with Gasteiger partial charge in [0, 0.05) is 0 Å². The van der Waals surface area contributed by atoms with Gasteiger partial charge in [0.05, 0.1) is 11.7 Å². The minimum atomic E-state index is -2.23. The summed E-state index contributed by atoms with van der Waals surface area (Å²) in [4.78, 5) is 0. The first kappa shape index (κ1) is 10.9. The van der Waals surface area contributed by atoms with Gasteiger partial charge in [-0.25, -0.2) is 22.0 Å². The molecule has 0 amide bonds. The van der Waals surface area contributed by atoms with Gasteiger partial charge in [0.1, 0.15) is 0 Å². The zero-order valence-electron chi connectivity index (χ0n) is 6.91. The number of benzene rings is 1. The van der Waals surface area contributed by atoms with Crippen LogP contribution in [0.5, 0.6) is 0 Å². The smallest absolute Gasteiger partial charge is 0.200 e. The number of rotatable bonds is 1. The number of aliphatic hydroxyl groups is 1. The zero-order chi connectivity index (χ0) is 11.0. The van der Waals surface area contributed by atoms with Crippen LogP contribution in [0.2, 0.25) is 0 Å². The second kappa shape index (κ2) is 3.53. The summed E-state index contributed by atoms with van der Waals surface area (Å²) >= 11 is 0. The van der Waals surface area contributed by atoms with Crippen molar-refractivity contribution in [3.8, 4) is 0 Å². The Bertz CT molecular complexity index is 345. The third-order valence-corrected chi connectivity index (χ3v) is 1.66. The van der Waals surface area contributed by atoms with Crippen LogP contribution in [-0.4, -0.2) is 5.11 Å². The van der Waals surface area contributed by atoms with Crippen molar-refractivity contribution in [3.63, 3.8) is 0 Å². The summed E-state index contributed by atoms with van der Waals surface area (Å²) in [5.74, 6) is -10.4. The second-order valence-corrected chi connectivity index (χ2v) is 2.66. The third-order valence-electron chi connectivity index (χ3n) is 1.66. The van der Waals surface area contributed by atoms with E-state index in [2.05, 4.69) is 0 Å². The van der Waals surface area contributed by atoms with Gasteiger partial charge >= 0.3 is 0 Å². The van der Waals surface area contributed by atoms with Gasteiger partial charge in [-0.05, 0) is 6.92 Å². The van der Waals surface area contributed by atoms with E-state index >= 15 is 0 Å². The molecule has 0 spiro atoms. The van der Waals surface area contributed by atoms with E-state index in [1.54, 1.807) is 0 Å². The lowest BCUT2D eigenvalue weighted by Gasteiger charge is -2.09. The summed E-state index contributed by atoms with van der Waals surface area (Å²) in [7, 11) is 0. The molecule has 14 heavy (non-hydrogen) atoms. The Morgan fingerprint density at radius 3 is 1.36 bits per heavy atom. The highest BCUT2D eigenvalue weighted by Crippen LogP contribution is 2.27. The van der Waals surface area contributed by atoms with Crippen molar-refractivity contribution in [1.29, 1.82) is 0 Å². The molecule has 1 aromatic carbocycles. The van der Waals surface area contributed by atoms with Crippen LogP contribution in [0.3, 0.4) is 0 Å². The van der Waals surface area contributed by atoms with E-state index in [4.69, 9.17) is 5.11 Å². The van der Waals surface area contributed by atoms with E-state index in [1.807, 2.05) is 0 Å². The highest BCUT2D eigenvalue weighted by atomic mass is 19.2. The number of hydrogen-bond acceptors (Lipinski definition) is 1. The molecule has 0 aliphatic rings. The van der Waals surface area contributed by atoms with Gasteiger partial charge in [-0.15, -0.1) is 0 Å². The first-order valence-electron chi connectivity index (χ1n) is 3.57. The van der Waals surface area contributed by atoms with Crippen LogP contribution < -0.4 is 0 Å². The molecule has 0 aliphatic carbocycles. The standard InChI is InChI=1S/C8H5F5O/c1-2(14)3-4(9)6(11)8(13)7(12)5(3)10/h2,14H,1H3/t2-/m0/s1. The first-order valence-corrected chi connectivity index (χ1v) is 3.57. The monoisotopic (exact) mass is 212 g/mol. The summed E-state index contributed by atoms with van der Waals surface area (Å²) in [6.07, 6.45) is -1.76. The van der Waals surface area contributed by atoms with Crippen LogP contribution in [0, 0.1) is 29.1 Å². The predicted molar refractivity (Wildman–Crippen MR) is 36.9 cm³/mol. The first-order chi connectivity index (χ1) is 6.37. The Morgan fingerprint density at radius 2 is 1.07 bits per heavy atom. The maximum atomic E-state index is 12.8. The number of hydrogen-bond donors (Lipinski definition) is 1. The maximum Gasteiger partial charge on any atom is 0.200 e. The molecule has 0 saturated carbocycles. The fourth-order valence-corrected chi connectivity index (χ4v) is 0.989. The van der Waals surface area contributed by atoms with Gasteiger partial charge in [0.25, 0.3) is 0 Å². The van der Waals surface area contributed by atoms with Crippen molar-refractivity contribution >= 4 is 0 Å². The van der Waals surface area contributed by atoms with Crippen molar-refractivity contribution in [3.05, 3.63) is 34.6 Å². The van der Waals surface area contributed by atoms with E-state index in [9.17, 15) is 22.0 Å². The third kappa shape index (κ3) is 1.45. The van der Waals surface area contributed by atoms with E-state index in [0.717, 1.165) is 6.92 Å². The van der Waals surface area contributed by atoms with E-state index < -0.39 is 40.8 Å².